The quantitative estimate of drug-likeness (QED) is 0.635. The molecule has 0 aliphatic carbocycles. The average Bonchev–Trinajstić information content (AvgIpc) is 1.99. The molecule has 1 fully saturated rings. The van der Waals surface area contributed by atoms with Gasteiger partial charge in [-0.1, -0.05) is 48.0 Å². The third-order valence-electron chi connectivity index (χ3n) is 3.29. The molecule has 1 heteroatoms. The van der Waals surface area contributed by atoms with Gasteiger partial charge in [-0.25, -0.2) is 0 Å². The molecule has 0 amide bonds. The first-order chi connectivity index (χ1) is 6.70. The van der Waals surface area contributed by atoms with Crippen molar-refractivity contribution < 1.29 is 0 Å². The van der Waals surface area contributed by atoms with Crippen molar-refractivity contribution in [1.29, 1.82) is 0 Å². The number of nitrogens with zero attached hydrogens (tertiary/aromatic N) is 1. The van der Waals surface area contributed by atoms with Gasteiger partial charge < -0.3 is 0 Å². The van der Waals surface area contributed by atoms with Gasteiger partial charge in [0.2, 0.25) is 0 Å². The lowest BCUT2D eigenvalue weighted by Gasteiger charge is -2.45. The second-order valence-electron chi connectivity index (χ2n) is 7.41. The van der Waals surface area contributed by atoms with Crippen LogP contribution in [0.25, 0.3) is 0 Å². The van der Waals surface area contributed by atoms with E-state index in [4.69, 9.17) is 0 Å². The molecule has 0 bridgehead atoms. The summed E-state index contributed by atoms with van der Waals surface area (Å²) in [7, 11) is 0. The lowest BCUT2D eigenvalue weighted by atomic mass is 9.79. The molecule has 1 rings (SSSR count). The maximum atomic E-state index is 2.73. The summed E-state index contributed by atoms with van der Waals surface area (Å²) in [5.41, 5.74) is 0.868. The zero-order valence-electron chi connectivity index (χ0n) is 11.6. The molecule has 1 unspecified atom stereocenters. The Morgan fingerprint density at radius 2 is 1.60 bits per heavy atom. The lowest BCUT2D eigenvalue weighted by molar-refractivity contribution is 0.0378. The summed E-state index contributed by atoms with van der Waals surface area (Å²) in [5, 5.41) is 0. The molecule has 1 aliphatic heterocycles. The van der Waals surface area contributed by atoms with E-state index in [9.17, 15) is 0 Å². The van der Waals surface area contributed by atoms with Crippen molar-refractivity contribution in [2.24, 2.45) is 10.8 Å². The predicted molar refractivity (Wildman–Crippen MR) is 68.1 cm³/mol. The Morgan fingerprint density at radius 3 is 2.07 bits per heavy atom. The highest BCUT2D eigenvalue weighted by molar-refractivity contribution is 4.87. The van der Waals surface area contributed by atoms with Crippen LogP contribution in [0.1, 0.15) is 60.8 Å². The van der Waals surface area contributed by atoms with E-state index in [0.717, 1.165) is 6.04 Å². The van der Waals surface area contributed by atoms with E-state index < -0.39 is 0 Å². The van der Waals surface area contributed by atoms with E-state index >= 15 is 0 Å². The third kappa shape index (κ3) is 4.14. The summed E-state index contributed by atoms with van der Waals surface area (Å²) in [6, 6.07) is 0.783. The van der Waals surface area contributed by atoms with Gasteiger partial charge in [-0.2, -0.15) is 0 Å². The summed E-state index contributed by atoms with van der Waals surface area (Å²) < 4.78 is 0. The SMILES string of the molecule is CC(C)(C)CN1CCCCC1C(C)(C)C. The number of piperidine rings is 1. The average molecular weight is 211 g/mol. The third-order valence-corrected chi connectivity index (χ3v) is 3.29. The van der Waals surface area contributed by atoms with Crippen LogP contribution in [-0.2, 0) is 0 Å². The van der Waals surface area contributed by atoms with Crippen LogP contribution < -0.4 is 0 Å². The maximum absolute atomic E-state index is 2.73. The van der Waals surface area contributed by atoms with Gasteiger partial charge in [0.1, 0.15) is 0 Å². The van der Waals surface area contributed by atoms with Crippen molar-refractivity contribution in [3.8, 4) is 0 Å². The summed E-state index contributed by atoms with van der Waals surface area (Å²) in [6.07, 6.45) is 4.20. The first kappa shape index (κ1) is 13.0. The zero-order chi connectivity index (χ0) is 11.7. The van der Waals surface area contributed by atoms with Gasteiger partial charge in [-0.05, 0) is 30.2 Å². The maximum Gasteiger partial charge on any atom is 0.0144 e. The van der Waals surface area contributed by atoms with Gasteiger partial charge in [-0.3, -0.25) is 4.90 Å². The fourth-order valence-corrected chi connectivity index (χ4v) is 2.77. The second kappa shape index (κ2) is 4.45. The largest absolute Gasteiger partial charge is 0.299 e. The first-order valence-electron chi connectivity index (χ1n) is 6.44. The molecule has 15 heavy (non-hydrogen) atoms. The molecule has 1 heterocycles. The summed E-state index contributed by atoms with van der Waals surface area (Å²) in [5.74, 6) is 0. The van der Waals surface area contributed by atoms with E-state index in [1.807, 2.05) is 0 Å². The number of rotatable bonds is 1. The van der Waals surface area contributed by atoms with Gasteiger partial charge in [0.15, 0.2) is 0 Å². The van der Waals surface area contributed by atoms with E-state index in [0.29, 0.717) is 10.8 Å². The van der Waals surface area contributed by atoms with E-state index in [1.165, 1.54) is 32.4 Å². The van der Waals surface area contributed by atoms with Crippen molar-refractivity contribution >= 4 is 0 Å². The van der Waals surface area contributed by atoms with Crippen LogP contribution in [0.15, 0.2) is 0 Å². The molecule has 0 N–H and O–H groups in total. The molecule has 0 aromatic carbocycles. The first-order valence-corrected chi connectivity index (χ1v) is 6.44. The van der Waals surface area contributed by atoms with Crippen molar-refractivity contribution in [3.05, 3.63) is 0 Å². The molecule has 1 nitrogen and oxygen atoms in total. The van der Waals surface area contributed by atoms with Crippen LogP contribution >= 0.6 is 0 Å². The Bertz CT molecular complexity index is 194. The molecule has 90 valence electrons. The van der Waals surface area contributed by atoms with Crippen LogP contribution in [-0.4, -0.2) is 24.0 Å². The second-order valence-corrected chi connectivity index (χ2v) is 7.41. The molecule has 1 saturated heterocycles. The number of hydrogen-bond acceptors (Lipinski definition) is 1. The van der Waals surface area contributed by atoms with Crippen LogP contribution in [0, 0.1) is 10.8 Å². The molecular formula is C14H29N. The molecule has 0 aromatic rings. The highest BCUT2D eigenvalue weighted by Gasteiger charge is 2.33. The van der Waals surface area contributed by atoms with E-state index in [-0.39, 0.29) is 0 Å². The lowest BCUT2D eigenvalue weighted by Crippen LogP contribution is -2.49. The van der Waals surface area contributed by atoms with Crippen LogP contribution in [0.5, 0.6) is 0 Å². The molecule has 1 atom stereocenters. The molecule has 0 saturated carbocycles. The van der Waals surface area contributed by atoms with Gasteiger partial charge in [0.25, 0.3) is 0 Å². The predicted octanol–water partition coefficient (Wildman–Crippen LogP) is 3.93. The van der Waals surface area contributed by atoms with E-state index in [2.05, 4.69) is 46.4 Å². The van der Waals surface area contributed by atoms with Crippen molar-refractivity contribution in [2.45, 2.75) is 66.8 Å². The van der Waals surface area contributed by atoms with Crippen LogP contribution in [0.3, 0.4) is 0 Å². The molecule has 0 aromatic heterocycles. The Balaban J connectivity index is 2.66. The van der Waals surface area contributed by atoms with Crippen molar-refractivity contribution in [1.82, 2.24) is 4.90 Å². The fraction of sp³-hybridized carbons (Fsp3) is 1.00. The zero-order valence-corrected chi connectivity index (χ0v) is 11.6. The minimum Gasteiger partial charge on any atom is -0.299 e. The topological polar surface area (TPSA) is 3.24 Å². The van der Waals surface area contributed by atoms with Gasteiger partial charge in [0, 0.05) is 12.6 Å². The smallest absolute Gasteiger partial charge is 0.0144 e. The minimum absolute atomic E-state index is 0.431. The van der Waals surface area contributed by atoms with Gasteiger partial charge in [-0.15, -0.1) is 0 Å². The highest BCUT2D eigenvalue weighted by atomic mass is 15.2. The Kier molecular flexibility index (Phi) is 3.86. The molecule has 1 aliphatic rings. The van der Waals surface area contributed by atoms with Gasteiger partial charge in [0.05, 0.1) is 0 Å². The van der Waals surface area contributed by atoms with Crippen LogP contribution in [0.4, 0.5) is 0 Å². The number of hydrogen-bond donors (Lipinski definition) is 0. The normalized spacial score (nSPS) is 25.6. The molecule has 0 spiro atoms. The minimum atomic E-state index is 0.431. The Morgan fingerprint density at radius 1 is 1.00 bits per heavy atom. The van der Waals surface area contributed by atoms with E-state index in [1.54, 1.807) is 0 Å². The highest BCUT2D eigenvalue weighted by Crippen LogP contribution is 2.33. The molecular weight excluding hydrogens is 182 g/mol. The molecule has 0 radical (unpaired) electrons. The Labute approximate surface area is 96.2 Å². The number of likely N-dealkylation sites (tertiary alicyclic amines) is 1. The summed E-state index contributed by atoms with van der Waals surface area (Å²) >= 11 is 0. The fourth-order valence-electron chi connectivity index (χ4n) is 2.77. The van der Waals surface area contributed by atoms with Crippen LogP contribution in [0.2, 0.25) is 0 Å². The Hall–Kier alpha value is -0.0400. The summed E-state index contributed by atoms with van der Waals surface area (Å²) in [4.78, 5) is 2.73. The van der Waals surface area contributed by atoms with Crippen molar-refractivity contribution in [2.75, 3.05) is 13.1 Å². The summed E-state index contributed by atoms with van der Waals surface area (Å²) in [6.45, 7) is 16.8. The monoisotopic (exact) mass is 211 g/mol. The van der Waals surface area contributed by atoms with Gasteiger partial charge >= 0.3 is 0 Å². The standard InChI is InChI=1S/C14H29N/c1-13(2,3)11-15-10-8-7-9-12(15)14(4,5)6/h12H,7-11H2,1-6H3. The van der Waals surface area contributed by atoms with Crippen molar-refractivity contribution in [3.63, 3.8) is 0 Å².